The predicted molar refractivity (Wildman–Crippen MR) is 56.6 cm³/mol. The van der Waals surface area contributed by atoms with Crippen molar-refractivity contribution in [2.45, 2.75) is 13.3 Å². The molecule has 0 saturated heterocycles. The third kappa shape index (κ3) is 18.7. The Morgan fingerprint density at radius 1 is 1.31 bits per heavy atom. The van der Waals surface area contributed by atoms with Crippen molar-refractivity contribution in [1.82, 2.24) is 4.98 Å². The van der Waals surface area contributed by atoms with E-state index in [9.17, 15) is 4.79 Å². The van der Waals surface area contributed by atoms with Crippen molar-refractivity contribution < 1.29 is 9.90 Å². The smallest absolute Gasteiger partial charge is 0.0267 e. The average Bonchev–Trinajstić information content (AvgIpc) is 2.09. The number of nitrogens with zero attached hydrogens (tertiary/aromatic N) is 1. The molecule has 0 amide bonds. The number of hydrogen-bond donors (Lipinski definition) is 1. The second-order valence-corrected chi connectivity index (χ2v) is 1.77. The molecule has 0 aliphatic carbocycles. The van der Waals surface area contributed by atoms with Gasteiger partial charge in [-0.15, -0.1) is 12.4 Å². The number of hydrogen-bond acceptors (Lipinski definition) is 2. The molecule has 0 bridgehead atoms. The number of rotatable bonds is 1. The van der Waals surface area contributed by atoms with Gasteiger partial charge in [0.15, 0.2) is 0 Å². The van der Waals surface area contributed by atoms with Crippen molar-refractivity contribution in [2.24, 2.45) is 0 Å². The molecule has 1 aromatic heterocycles. The number of pyridine rings is 1. The van der Waals surface area contributed by atoms with Crippen LogP contribution in [0.3, 0.4) is 0 Å². The molecule has 70 valence electrons. The molecule has 1 heterocycles. The van der Waals surface area contributed by atoms with Crippen molar-refractivity contribution in [3.63, 3.8) is 0 Å². The summed E-state index contributed by atoms with van der Waals surface area (Å²) in [4.78, 5) is 13.2. The quantitative estimate of drug-likeness (QED) is 0.717. The monoisotopic (exact) mass is 213 g/mol. The van der Waals surface area contributed by atoms with Gasteiger partial charge >= 0.3 is 35.5 Å². The molecule has 0 unspecified atom stereocenters. The van der Waals surface area contributed by atoms with E-state index in [2.05, 4.69) is 4.98 Å². The first-order valence-corrected chi connectivity index (χ1v) is 3.34. The number of carboxylic acid groups (broad SMARTS) is 1. The van der Waals surface area contributed by atoms with Crippen LogP contribution in [-0.2, 0) is 4.79 Å². The fraction of sp³-hybridized carbons (Fsp3) is 0.250. The maximum Gasteiger partial charge on any atom is 0.0267 e. The Morgan fingerprint density at radius 2 is 1.69 bits per heavy atom. The Labute approximate surface area is 106 Å². The van der Waals surface area contributed by atoms with E-state index in [0.29, 0.717) is 0 Å². The summed E-state index contributed by atoms with van der Waals surface area (Å²) >= 11 is 0. The van der Waals surface area contributed by atoms with Gasteiger partial charge in [-0.3, -0.25) is 9.78 Å². The summed E-state index contributed by atoms with van der Waals surface area (Å²) in [6, 6.07) is 5.72. The zero-order valence-electron chi connectivity index (χ0n) is 6.80. The van der Waals surface area contributed by atoms with E-state index in [1.54, 1.807) is 19.3 Å². The van der Waals surface area contributed by atoms with Gasteiger partial charge in [-0.2, -0.15) is 0 Å². The number of aliphatic carboxylic acids is 1. The molecular formula is C8H13ClNNaO2. The van der Waals surface area contributed by atoms with Gasteiger partial charge in [-0.05, 0) is 12.1 Å². The predicted octanol–water partition coefficient (Wildman–Crippen LogP) is 1.34. The van der Waals surface area contributed by atoms with Crippen LogP contribution in [0.2, 0.25) is 0 Å². The molecular weight excluding hydrogens is 201 g/mol. The van der Waals surface area contributed by atoms with Crippen LogP contribution >= 0.6 is 12.4 Å². The number of aromatic nitrogens is 1. The molecule has 0 aliphatic heterocycles. The van der Waals surface area contributed by atoms with Crippen LogP contribution in [0.15, 0.2) is 30.6 Å². The van der Waals surface area contributed by atoms with E-state index >= 15 is 0 Å². The Hall–Kier alpha value is -0.0900. The second-order valence-electron chi connectivity index (χ2n) is 1.77. The standard InChI is InChI=1S/C5H5N.C3H6O2.ClH.Na.H/c1-2-4-6-5-3-1;1-2-3(4)5;;;/h1-5H;2H2,1H3,(H,4,5);1H;;. The summed E-state index contributed by atoms with van der Waals surface area (Å²) < 4.78 is 0. The van der Waals surface area contributed by atoms with Gasteiger partial charge in [-0.25, -0.2) is 0 Å². The third-order valence-corrected chi connectivity index (χ3v) is 0.869. The first kappa shape index (κ1) is 18.6. The number of carbonyl (C=O) groups is 1. The molecule has 1 N–H and O–H groups in total. The molecule has 0 saturated carbocycles. The first-order valence-electron chi connectivity index (χ1n) is 3.34. The van der Waals surface area contributed by atoms with Crippen LogP contribution in [0.25, 0.3) is 0 Å². The SMILES string of the molecule is CCC(=O)O.Cl.[NaH].c1ccncc1. The van der Waals surface area contributed by atoms with Crippen LogP contribution in [-0.4, -0.2) is 45.6 Å². The minimum absolute atomic E-state index is 0. The molecule has 3 nitrogen and oxygen atoms in total. The summed E-state index contributed by atoms with van der Waals surface area (Å²) in [6.07, 6.45) is 3.72. The molecule has 5 heteroatoms. The molecule has 0 spiro atoms. The Kier molecular flexibility index (Phi) is 20.7. The fourth-order valence-electron chi connectivity index (χ4n) is 0.313. The minimum atomic E-state index is -0.745. The van der Waals surface area contributed by atoms with E-state index in [0.717, 1.165) is 0 Å². The number of carboxylic acids is 1. The maximum atomic E-state index is 9.37. The van der Waals surface area contributed by atoms with Crippen LogP contribution in [0.4, 0.5) is 0 Å². The van der Waals surface area contributed by atoms with Crippen molar-refractivity contribution in [2.75, 3.05) is 0 Å². The molecule has 1 aromatic rings. The third-order valence-electron chi connectivity index (χ3n) is 0.869. The van der Waals surface area contributed by atoms with E-state index < -0.39 is 5.97 Å². The van der Waals surface area contributed by atoms with Gasteiger partial charge in [0, 0.05) is 18.8 Å². The molecule has 1 rings (SSSR count). The summed E-state index contributed by atoms with van der Waals surface area (Å²) in [7, 11) is 0. The topological polar surface area (TPSA) is 50.2 Å². The van der Waals surface area contributed by atoms with Gasteiger partial charge in [-0.1, -0.05) is 13.0 Å². The van der Waals surface area contributed by atoms with Crippen molar-refractivity contribution in [1.29, 1.82) is 0 Å². The molecule has 13 heavy (non-hydrogen) atoms. The summed E-state index contributed by atoms with van der Waals surface area (Å²) in [5.41, 5.74) is 0. The summed E-state index contributed by atoms with van der Waals surface area (Å²) in [5, 5.41) is 7.72. The van der Waals surface area contributed by atoms with E-state index in [4.69, 9.17) is 5.11 Å². The Balaban J connectivity index is -0.000000136. The Morgan fingerprint density at radius 3 is 1.77 bits per heavy atom. The summed E-state index contributed by atoms with van der Waals surface area (Å²) in [5.74, 6) is -0.745. The number of halogens is 1. The van der Waals surface area contributed by atoms with Crippen LogP contribution in [0.5, 0.6) is 0 Å². The molecule has 0 fully saturated rings. The van der Waals surface area contributed by atoms with Crippen molar-refractivity contribution in [3.8, 4) is 0 Å². The molecule has 0 radical (unpaired) electrons. The van der Waals surface area contributed by atoms with Gasteiger partial charge < -0.3 is 5.11 Å². The van der Waals surface area contributed by atoms with E-state index in [1.165, 1.54) is 0 Å². The first-order chi connectivity index (χ1) is 5.27. The van der Waals surface area contributed by atoms with Gasteiger partial charge in [0.2, 0.25) is 0 Å². The summed E-state index contributed by atoms with van der Waals surface area (Å²) in [6.45, 7) is 1.60. The van der Waals surface area contributed by atoms with E-state index in [1.807, 2.05) is 18.2 Å². The molecule has 0 aliphatic rings. The largest absolute Gasteiger partial charge is 0.265 e. The average molecular weight is 214 g/mol. The Bertz CT molecular complexity index is 170. The maximum absolute atomic E-state index is 9.37. The van der Waals surface area contributed by atoms with Crippen molar-refractivity contribution >= 4 is 47.9 Å². The second kappa shape index (κ2) is 14.4. The van der Waals surface area contributed by atoms with Gasteiger partial charge in [0.1, 0.15) is 0 Å². The van der Waals surface area contributed by atoms with Gasteiger partial charge in [0.05, 0.1) is 0 Å². The zero-order chi connectivity index (χ0) is 8.53. The fourth-order valence-corrected chi connectivity index (χ4v) is 0.313. The molecule has 0 atom stereocenters. The van der Waals surface area contributed by atoms with Crippen LogP contribution < -0.4 is 0 Å². The zero-order valence-corrected chi connectivity index (χ0v) is 7.62. The van der Waals surface area contributed by atoms with E-state index in [-0.39, 0.29) is 48.4 Å². The minimum Gasteiger partial charge on any atom is -0.265 e. The van der Waals surface area contributed by atoms with Crippen molar-refractivity contribution in [3.05, 3.63) is 30.6 Å². The normalized spacial score (nSPS) is 6.54. The molecule has 0 aromatic carbocycles. The van der Waals surface area contributed by atoms with Crippen LogP contribution in [0, 0.1) is 0 Å². The van der Waals surface area contributed by atoms with Gasteiger partial charge in [0.25, 0.3) is 0 Å². The van der Waals surface area contributed by atoms with Crippen LogP contribution in [0.1, 0.15) is 13.3 Å².